The molecule has 0 fully saturated rings. The van der Waals surface area contributed by atoms with Crippen molar-refractivity contribution in [2.75, 3.05) is 0 Å². The molecule has 0 bridgehead atoms. The first-order valence-electron chi connectivity index (χ1n) is 3.85. The van der Waals surface area contributed by atoms with E-state index in [1.165, 1.54) is 5.69 Å². The van der Waals surface area contributed by atoms with Crippen molar-refractivity contribution in [1.82, 2.24) is 4.98 Å². The van der Waals surface area contributed by atoms with Crippen LogP contribution < -0.4 is 5.73 Å². The highest BCUT2D eigenvalue weighted by molar-refractivity contribution is 7.09. The third-order valence-corrected chi connectivity index (χ3v) is 2.34. The van der Waals surface area contributed by atoms with Gasteiger partial charge in [0.2, 0.25) is 0 Å². The van der Waals surface area contributed by atoms with Crippen LogP contribution >= 0.6 is 11.3 Å². The lowest BCUT2D eigenvalue weighted by molar-refractivity contribution is 0.659. The summed E-state index contributed by atoms with van der Waals surface area (Å²) in [4.78, 5) is 4.35. The molecule has 1 aromatic rings. The highest BCUT2D eigenvalue weighted by Gasteiger charge is 1.99. The first-order valence-corrected chi connectivity index (χ1v) is 4.73. The van der Waals surface area contributed by atoms with Crippen molar-refractivity contribution in [1.29, 1.82) is 0 Å². The van der Waals surface area contributed by atoms with Gasteiger partial charge in [0, 0.05) is 11.4 Å². The van der Waals surface area contributed by atoms with E-state index in [0.717, 1.165) is 17.8 Å². The number of aryl methyl sites for hydroxylation is 2. The minimum absolute atomic E-state index is 0.289. The molecule has 0 aromatic carbocycles. The number of hydrogen-bond acceptors (Lipinski definition) is 3. The third-order valence-electron chi connectivity index (χ3n) is 1.52. The molecular weight excluding hydrogens is 156 g/mol. The van der Waals surface area contributed by atoms with Crippen LogP contribution in [0.4, 0.5) is 0 Å². The zero-order valence-electron chi connectivity index (χ0n) is 7.00. The van der Waals surface area contributed by atoms with Crippen LogP contribution in [-0.2, 0) is 6.42 Å². The Balaban J connectivity index is 2.39. The smallest absolute Gasteiger partial charge is 0.0897 e. The van der Waals surface area contributed by atoms with Crippen LogP contribution in [0.1, 0.15) is 24.0 Å². The maximum atomic E-state index is 5.62. The van der Waals surface area contributed by atoms with Crippen molar-refractivity contribution in [3.63, 3.8) is 0 Å². The Morgan fingerprint density at radius 3 is 2.91 bits per heavy atom. The number of rotatable bonds is 3. The summed E-state index contributed by atoms with van der Waals surface area (Å²) >= 11 is 1.70. The van der Waals surface area contributed by atoms with Gasteiger partial charge in [-0.1, -0.05) is 0 Å². The monoisotopic (exact) mass is 170 g/mol. The molecule has 0 amide bonds. The van der Waals surface area contributed by atoms with Crippen LogP contribution in [0.5, 0.6) is 0 Å². The molecule has 62 valence electrons. The van der Waals surface area contributed by atoms with Gasteiger partial charge in [0.05, 0.1) is 10.7 Å². The van der Waals surface area contributed by atoms with Gasteiger partial charge in [-0.05, 0) is 26.7 Å². The minimum Gasteiger partial charge on any atom is -0.328 e. The standard InChI is InChI=1S/C8H14N2S/c1-6(9)3-4-8-5-11-7(2)10-8/h5-6H,3-4,9H2,1-2H3/t6-/m0/s1. The van der Waals surface area contributed by atoms with Crippen molar-refractivity contribution in [2.45, 2.75) is 32.7 Å². The number of thiazole rings is 1. The van der Waals surface area contributed by atoms with E-state index in [1.54, 1.807) is 11.3 Å². The Morgan fingerprint density at radius 2 is 2.45 bits per heavy atom. The summed E-state index contributed by atoms with van der Waals surface area (Å²) < 4.78 is 0. The van der Waals surface area contributed by atoms with Crippen molar-refractivity contribution < 1.29 is 0 Å². The van der Waals surface area contributed by atoms with Crippen molar-refractivity contribution in [3.05, 3.63) is 16.1 Å². The van der Waals surface area contributed by atoms with Crippen LogP contribution in [0.25, 0.3) is 0 Å². The Bertz CT molecular complexity index is 218. The zero-order valence-corrected chi connectivity index (χ0v) is 7.82. The summed E-state index contributed by atoms with van der Waals surface area (Å²) in [7, 11) is 0. The Morgan fingerprint density at radius 1 is 1.73 bits per heavy atom. The van der Waals surface area contributed by atoms with Gasteiger partial charge in [0.25, 0.3) is 0 Å². The fourth-order valence-corrected chi connectivity index (χ4v) is 1.55. The molecule has 0 aliphatic rings. The summed E-state index contributed by atoms with van der Waals surface area (Å²) in [6.07, 6.45) is 2.05. The number of aromatic nitrogens is 1. The molecule has 0 saturated carbocycles. The first-order chi connectivity index (χ1) is 5.18. The molecular formula is C8H14N2S. The molecule has 2 N–H and O–H groups in total. The maximum absolute atomic E-state index is 5.62. The van der Waals surface area contributed by atoms with Gasteiger partial charge >= 0.3 is 0 Å². The average molecular weight is 170 g/mol. The van der Waals surface area contributed by atoms with Crippen LogP contribution in [0.2, 0.25) is 0 Å². The number of nitrogens with two attached hydrogens (primary N) is 1. The first kappa shape index (κ1) is 8.68. The SMILES string of the molecule is Cc1nc(CC[C@H](C)N)cs1. The lowest BCUT2D eigenvalue weighted by Crippen LogP contribution is -2.15. The number of hydrogen-bond donors (Lipinski definition) is 1. The topological polar surface area (TPSA) is 38.9 Å². The van der Waals surface area contributed by atoms with E-state index >= 15 is 0 Å². The quantitative estimate of drug-likeness (QED) is 0.750. The largest absolute Gasteiger partial charge is 0.328 e. The van der Waals surface area contributed by atoms with E-state index in [4.69, 9.17) is 5.73 Å². The lowest BCUT2D eigenvalue weighted by atomic mass is 10.2. The number of nitrogens with zero attached hydrogens (tertiary/aromatic N) is 1. The van der Waals surface area contributed by atoms with Crippen LogP contribution in [0.3, 0.4) is 0 Å². The van der Waals surface area contributed by atoms with Crippen molar-refractivity contribution in [2.24, 2.45) is 5.73 Å². The van der Waals surface area contributed by atoms with E-state index in [-0.39, 0.29) is 6.04 Å². The van der Waals surface area contributed by atoms with E-state index in [2.05, 4.69) is 10.4 Å². The molecule has 2 nitrogen and oxygen atoms in total. The normalized spacial score (nSPS) is 13.4. The predicted octanol–water partition coefficient (Wildman–Crippen LogP) is 1.73. The van der Waals surface area contributed by atoms with Crippen molar-refractivity contribution >= 4 is 11.3 Å². The highest BCUT2D eigenvalue weighted by Crippen LogP contribution is 2.09. The summed E-state index contributed by atoms with van der Waals surface area (Å²) in [5, 5.41) is 3.25. The lowest BCUT2D eigenvalue weighted by Gasteiger charge is -2.00. The molecule has 1 heterocycles. The molecule has 1 aromatic heterocycles. The summed E-state index contributed by atoms with van der Waals surface area (Å²) in [5.41, 5.74) is 6.81. The van der Waals surface area contributed by atoms with E-state index < -0.39 is 0 Å². The van der Waals surface area contributed by atoms with Crippen molar-refractivity contribution in [3.8, 4) is 0 Å². The van der Waals surface area contributed by atoms with Gasteiger partial charge < -0.3 is 5.73 Å². The van der Waals surface area contributed by atoms with Gasteiger partial charge in [-0.3, -0.25) is 0 Å². The molecule has 0 spiro atoms. The fraction of sp³-hybridized carbons (Fsp3) is 0.625. The molecule has 1 atom stereocenters. The summed E-state index contributed by atoms with van der Waals surface area (Å²) in [5.74, 6) is 0. The van der Waals surface area contributed by atoms with Crippen LogP contribution in [0.15, 0.2) is 5.38 Å². The van der Waals surface area contributed by atoms with Gasteiger partial charge in [-0.15, -0.1) is 11.3 Å². The minimum atomic E-state index is 0.289. The maximum Gasteiger partial charge on any atom is 0.0897 e. The third kappa shape index (κ3) is 2.99. The molecule has 11 heavy (non-hydrogen) atoms. The highest BCUT2D eigenvalue weighted by atomic mass is 32.1. The molecule has 0 aliphatic carbocycles. The molecule has 0 unspecified atom stereocenters. The fourth-order valence-electron chi connectivity index (χ4n) is 0.899. The van der Waals surface area contributed by atoms with Crippen LogP contribution in [-0.4, -0.2) is 11.0 Å². The van der Waals surface area contributed by atoms with Crippen LogP contribution in [0, 0.1) is 6.92 Å². The van der Waals surface area contributed by atoms with E-state index in [0.29, 0.717) is 0 Å². The summed E-state index contributed by atoms with van der Waals surface area (Å²) in [6.45, 7) is 4.05. The molecule has 0 saturated heterocycles. The second kappa shape index (κ2) is 3.83. The molecule has 0 aliphatic heterocycles. The second-order valence-corrected chi connectivity index (χ2v) is 3.94. The van der Waals surface area contributed by atoms with E-state index in [9.17, 15) is 0 Å². The second-order valence-electron chi connectivity index (χ2n) is 2.87. The summed E-state index contributed by atoms with van der Waals surface area (Å²) in [6, 6.07) is 0.289. The van der Waals surface area contributed by atoms with E-state index in [1.807, 2.05) is 13.8 Å². The van der Waals surface area contributed by atoms with Gasteiger partial charge in [0.1, 0.15) is 0 Å². The molecule has 1 rings (SSSR count). The Kier molecular flexibility index (Phi) is 3.02. The van der Waals surface area contributed by atoms with Gasteiger partial charge in [-0.2, -0.15) is 0 Å². The van der Waals surface area contributed by atoms with Gasteiger partial charge in [0.15, 0.2) is 0 Å². The predicted molar refractivity (Wildman–Crippen MR) is 48.8 cm³/mol. The van der Waals surface area contributed by atoms with Gasteiger partial charge in [-0.25, -0.2) is 4.98 Å². The Hall–Kier alpha value is -0.410. The zero-order chi connectivity index (χ0) is 8.27. The molecule has 0 radical (unpaired) electrons. The molecule has 3 heteroatoms. The average Bonchev–Trinajstić information content (AvgIpc) is 2.31. The Labute approximate surface area is 71.5 Å².